The molecule has 0 bridgehead atoms. The predicted molar refractivity (Wildman–Crippen MR) is 179 cm³/mol. The number of carboxylic acids is 1. The molecule has 0 aromatic heterocycles. The van der Waals surface area contributed by atoms with Crippen molar-refractivity contribution >= 4 is 17.9 Å². The van der Waals surface area contributed by atoms with E-state index in [1.165, 1.54) is 45.1 Å². The third-order valence-electron chi connectivity index (χ3n) is 8.25. The van der Waals surface area contributed by atoms with Crippen molar-refractivity contribution in [1.82, 2.24) is 0 Å². The maximum atomic E-state index is 13.2. The van der Waals surface area contributed by atoms with Crippen LogP contribution in [-0.4, -0.2) is 97.6 Å². The van der Waals surface area contributed by atoms with E-state index < -0.39 is 72.0 Å². The fourth-order valence-corrected chi connectivity index (χ4v) is 4.52. The SMILES string of the molecule is C=CC(C)(O)CC/C=C(\C)C(=O)O[C@@H]1[C@@H](O)[C@H](OC(C)(C=C)CC/C=C(\C)C(=O)O)O[C@H](CO)[C@H]1OC(=O)/C(C)=C/CCC(C)(O)C=C. The van der Waals surface area contributed by atoms with Gasteiger partial charge in [0.15, 0.2) is 18.5 Å². The molecule has 0 aromatic rings. The topological polar surface area (TPSA) is 189 Å². The summed E-state index contributed by atoms with van der Waals surface area (Å²) in [5.74, 6) is -2.75. The molecule has 1 rings (SSSR count). The molecule has 8 atom stereocenters. The summed E-state index contributed by atoms with van der Waals surface area (Å²) in [6.45, 7) is 19.5. The van der Waals surface area contributed by atoms with E-state index in [0.29, 0.717) is 12.8 Å². The van der Waals surface area contributed by atoms with Gasteiger partial charge in [0.2, 0.25) is 0 Å². The van der Waals surface area contributed by atoms with Gasteiger partial charge in [-0.05, 0) is 80.1 Å². The fourth-order valence-electron chi connectivity index (χ4n) is 4.52. The van der Waals surface area contributed by atoms with Crippen molar-refractivity contribution in [2.75, 3.05) is 6.61 Å². The van der Waals surface area contributed by atoms with E-state index in [1.54, 1.807) is 32.9 Å². The molecule has 1 fully saturated rings. The summed E-state index contributed by atoms with van der Waals surface area (Å²) in [7, 11) is 0. The van der Waals surface area contributed by atoms with Gasteiger partial charge < -0.3 is 44.5 Å². The maximum absolute atomic E-state index is 13.2. The third-order valence-corrected chi connectivity index (χ3v) is 8.25. The van der Waals surface area contributed by atoms with Gasteiger partial charge in [-0.3, -0.25) is 0 Å². The minimum atomic E-state index is -1.72. The minimum absolute atomic E-state index is 0.138. The number of carbonyl (C=O) groups excluding carboxylic acids is 2. The van der Waals surface area contributed by atoms with E-state index in [0.717, 1.165) is 0 Å². The summed E-state index contributed by atoms with van der Waals surface area (Å²) < 4.78 is 23.3. The number of hydrogen-bond donors (Lipinski definition) is 5. The summed E-state index contributed by atoms with van der Waals surface area (Å²) in [6, 6.07) is 0. The lowest BCUT2D eigenvalue weighted by atomic mass is 9.96. The largest absolute Gasteiger partial charge is 0.478 e. The zero-order valence-electron chi connectivity index (χ0n) is 29.0. The number of esters is 2. The molecule has 1 heterocycles. The molecule has 0 aromatic carbocycles. The normalized spacial score (nSPS) is 25.9. The van der Waals surface area contributed by atoms with Crippen molar-refractivity contribution in [1.29, 1.82) is 0 Å². The average molecular weight is 679 g/mol. The predicted octanol–water partition coefficient (Wildman–Crippen LogP) is 3.99. The zero-order chi connectivity index (χ0) is 36.9. The van der Waals surface area contributed by atoms with E-state index in [2.05, 4.69) is 19.7 Å². The first kappa shape index (κ1) is 42.6. The number of carboxylic acid groups (broad SMARTS) is 1. The number of ether oxygens (including phenoxy) is 4. The molecule has 0 saturated carbocycles. The second kappa shape index (κ2) is 19.0. The van der Waals surface area contributed by atoms with Gasteiger partial charge in [-0.1, -0.05) is 36.5 Å². The molecular formula is C36H54O12. The highest BCUT2D eigenvalue weighted by molar-refractivity contribution is 5.89. The first-order valence-corrected chi connectivity index (χ1v) is 15.9. The molecular weight excluding hydrogens is 624 g/mol. The molecule has 48 heavy (non-hydrogen) atoms. The van der Waals surface area contributed by atoms with Crippen molar-refractivity contribution in [2.45, 2.75) is 128 Å². The Morgan fingerprint density at radius 2 is 1.19 bits per heavy atom. The Morgan fingerprint density at radius 3 is 1.60 bits per heavy atom. The Bertz CT molecular complexity index is 1240. The Hall–Kier alpha value is -3.39. The second-order valence-corrected chi connectivity index (χ2v) is 12.8. The summed E-state index contributed by atoms with van der Waals surface area (Å²) >= 11 is 0. The Kier molecular flexibility index (Phi) is 16.8. The summed E-state index contributed by atoms with van der Waals surface area (Å²) in [4.78, 5) is 37.6. The standard InChI is InChI=1S/C36H54O12/c1-10-34(7,43)19-13-17-24(5)31(41)46-28-26(22-37)45-33(48-36(9,12-3)21-15-16-23(4)30(39)40)27(38)29(28)47-32(42)25(6)18-14-20-35(8,44)11-2/h10-12,16-18,26-29,33,37-38,43-44H,1-3,13-15,19-22H2,4-9H3,(H,39,40)/b23-16+,24-17+,25-18+/t26-,27-,28-,29-,33+,34?,35?,36?/m1/s1. The van der Waals surface area contributed by atoms with Crippen LogP contribution in [0, 0.1) is 0 Å². The molecule has 0 spiro atoms. The molecule has 12 heteroatoms. The summed E-state index contributed by atoms with van der Waals surface area (Å²) in [5, 5.41) is 51.3. The highest BCUT2D eigenvalue weighted by Crippen LogP contribution is 2.32. The van der Waals surface area contributed by atoms with Gasteiger partial charge in [-0.2, -0.15) is 0 Å². The third kappa shape index (κ3) is 13.6. The van der Waals surface area contributed by atoms with Gasteiger partial charge >= 0.3 is 17.9 Å². The lowest BCUT2D eigenvalue weighted by Crippen LogP contribution is -2.62. The van der Waals surface area contributed by atoms with Crippen LogP contribution in [0.25, 0.3) is 0 Å². The van der Waals surface area contributed by atoms with Crippen LogP contribution < -0.4 is 0 Å². The van der Waals surface area contributed by atoms with Gasteiger partial charge in [-0.25, -0.2) is 14.4 Å². The lowest BCUT2D eigenvalue weighted by molar-refractivity contribution is -0.322. The van der Waals surface area contributed by atoms with E-state index >= 15 is 0 Å². The smallest absolute Gasteiger partial charge is 0.333 e. The van der Waals surface area contributed by atoms with Crippen LogP contribution in [0.4, 0.5) is 0 Å². The van der Waals surface area contributed by atoms with Gasteiger partial charge in [0, 0.05) is 16.7 Å². The molecule has 1 aliphatic rings. The van der Waals surface area contributed by atoms with E-state index in [9.17, 15) is 34.8 Å². The van der Waals surface area contributed by atoms with Crippen molar-refractivity contribution < 1.29 is 58.9 Å². The Morgan fingerprint density at radius 1 is 0.750 bits per heavy atom. The van der Waals surface area contributed by atoms with Crippen LogP contribution in [0.1, 0.15) is 80.1 Å². The quantitative estimate of drug-likeness (QED) is 0.0709. The first-order valence-electron chi connectivity index (χ1n) is 15.9. The lowest BCUT2D eigenvalue weighted by Gasteiger charge is -2.45. The Balaban J connectivity index is 3.37. The summed E-state index contributed by atoms with van der Waals surface area (Å²) in [6.07, 6.45) is 3.01. The van der Waals surface area contributed by atoms with Crippen molar-refractivity contribution in [2.24, 2.45) is 0 Å². The van der Waals surface area contributed by atoms with Crippen molar-refractivity contribution in [3.05, 3.63) is 72.9 Å². The van der Waals surface area contributed by atoms with Crippen LogP contribution in [0.5, 0.6) is 0 Å². The molecule has 5 N–H and O–H groups in total. The van der Waals surface area contributed by atoms with Gasteiger partial charge in [-0.15, -0.1) is 19.7 Å². The minimum Gasteiger partial charge on any atom is -0.478 e. The molecule has 1 aliphatic heterocycles. The first-order chi connectivity index (χ1) is 22.2. The van der Waals surface area contributed by atoms with Crippen LogP contribution >= 0.6 is 0 Å². The molecule has 3 unspecified atom stereocenters. The zero-order valence-corrected chi connectivity index (χ0v) is 29.0. The highest BCUT2D eigenvalue weighted by Gasteiger charge is 2.51. The molecule has 0 aliphatic carbocycles. The average Bonchev–Trinajstić information content (AvgIpc) is 3.03. The Labute approximate surface area is 283 Å². The highest BCUT2D eigenvalue weighted by atomic mass is 16.7. The number of hydrogen-bond acceptors (Lipinski definition) is 11. The van der Waals surface area contributed by atoms with Gasteiger partial charge in [0.1, 0.15) is 12.2 Å². The monoisotopic (exact) mass is 678 g/mol. The van der Waals surface area contributed by atoms with Crippen molar-refractivity contribution in [3.63, 3.8) is 0 Å². The molecule has 12 nitrogen and oxygen atoms in total. The number of rotatable bonds is 20. The number of allylic oxidation sites excluding steroid dienone is 3. The second-order valence-electron chi connectivity index (χ2n) is 12.8. The molecule has 270 valence electrons. The van der Waals surface area contributed by atoms with E-state index in [4.69, 9.17) is 24.1 Å². The van der Waals surface area contributed by atoms with Gasteiger partial charge in [0.25, 0.3) is 0 Å². The molecule has 0 radical (unpaired) electrons. The van der Waals surface area contributed by atoms with E-state index in [-0.39, 0.29) is 42.4 Å². The van der Waals surface area contributed by atoms with Crippen LogP contribution in [-0.2, 0) is 33.3 Å². The fraction of sp³-hybridized carbons (Fsp3) is 0.583. The van der Waals surface area contributed by atoms with Crippen LogP contribution in [0.2, 0.25) is 0 Å². The number of aliphatic hydroxyl groups excluding tert-OH is 2. The number of aliphatic hydroxyl groups is 4. The molecule has 0 amide bonds. The summed E-state index contributed by atoms with van der Waals surface area (Å²) in [5.41, 5.74) is -3.00. The van der Waals surface area contributed by atoms with Gasteiger partial charge in [0.05, 0.1) is 23.4 Å². The van der Waals surface area contributed by atoms with Crippen LogP contribution in [0.15, 0.2) is 72.9 Å². The maximum Gasteiger partial charge on any atom is 0.333 e. The number of carbonyl (C=O) groups is 3. The van der Waals surface area contributed by atoms with Crippen LogP contribution in [0.3, 0.4) is 0 Å². The van der Waals surface area contributed by atoms with E-state index in [1.807, 2.05) is 0 Å². The molecule has 1 saturated heterocycles. The number of aliphatic carboxylic acids is 1. The van der Waals surface area contributed by atoms with Crippen molar-refractivity contribution in [3.8, 4) is 0 Å².